The van der Waals surface area contributed by atoms with Crippen LogP contribution in [0.5, 0.6) is 5.75 Å². The number of fused-ring (bicyclic) bond motifs is 1. The lowest BCUT2D eigenvalue weighted by atomic mass is 10.0. The Morgan fingerprint density at radius 1 is 1.14 bits per heavy atom. The average molecular weight is 283 g/mol. The summed E-state index contributed by atoms with van der Waals surface area (Å²) in [5, 5.41) is 5.88. The van der Waals surface area contributed by atoms with E-state index in [0.29, 0.717) is 5.92 Å². The molecule has 0 amide bonds. The van der Waals surface area contributed by atoms with Gasteiger partial charge in [0.1, 0.15) is 5.75 Å². The Morgan fingerprint density at radius 3 is 2.52 bits per heavy atom. The fourth-order valence-corrected chi connectivity index (χ4v) is 2.47. The van der Waals surface area contributed by atoms with Crippen molar-refractivity contribution in [2.75, 3.05) is 20.2 Å². The van der Waals surface area contributed by atoms with Crippen molar-refractivity contribution in [2.45, 2.75) is 20.8 Å². The number of ether oxygens (including phenoxy) is 1. The summed E-state index contributed by atoms with van der Waals surface area (Å²) in [4.78, 5) is 0. The molecule has 21 heavy (non-hydrogen) atoms. The monoisotopic (exact) mass is 283 g/mol. The van der Waals surface area contributed by atoms with Crippen molar-refractivity contribution in [1.29, 1.82) is 0 Å². The summed E-state index contributed by atoms with van der Waals surface area (Å²) in [6.07, 6.45) is 2.26. The van der Waals surface area contributed by atoms with Crippen LogP contribution in [-0.2, 0) is 0 Å². The van der Waals surface area contributed by atoms with Crippen molar-refractivity contribution in [2.24, 2.45) is 5.92 Å². The molecule has 0 unspecified atom stereocenters. The van der Waals surface area contributed by atoms with Crippen LogP contribution in [0.15, 0.2) is 42.0 Å². The van der Waals surface area contributed by atoms with Crippen LogP contribution in [0.3, 0.4) is 0 Å². The number of hydrogen-bond acceptors (Lipinski definition) is 2. The predicted molar refractivity (Wildman–Crippen MR) is 91.9 cm³/mol. The number of benzene rings is 2. The third-order valence-corrected chi connectivity index (χ3v) is 3.50. The Morgan fingerprint density at radius 2 is 1.86 bits per heavy atom. The minimum absolute atomic E-state index is 0.680. The summed E-state index contributed by atoms with van der Waals surface area (Å²) in [6.45, 7) is 8.60. The second-order valence-electron chi connectivity index (χ2n) is 5.92. The Bertz CT molecular complexity index is 628. The molecular formula is C19H25NO. The van der Waals surface area contributed by atoms with Gasteiger partial charge in [0.25, 0.3) is 0 Å². The quantitative estimate of drug-likeness (QED) is 0.843. The molecule has 0 aliphatic heterocycles. The second kappa shape index (κ2) is 7.28. The summed E-state index contributed by atoms with van der Waals surface area (Å²) < 4.78 is 5.45. The molecule has 2 aromatic rings. The Hall–Kier alpha value is -1.80. The maximum absolute atomic E-state index is 5.45. The van der Waals surface area contributed by atoms with Crippen LogP contribution in [-0.4, -0.2) is 20.2 Å². The van der Waals surface area contributed by atoms with Crippen molar-refractivity contribution in [3.05, 3.63) is 47.5 Å². The van der Waals surface area contributed by atoms with Crippen LogP contribution in [0.25, 0.3) is 16.8 Å². The van der Waals surface area contributed by atoms with Crippen LogP contribution in [0, 0.1) is 5.92 Å². The van der Waals surface area contributed by atoms with Gasteiger partial charge in [0.15, 0.2) is 0 Å². The molecule has 0 saturated carbocycles. The second-order valence-corrected chi connectivity index (χ2v) is 5.92. The minimum Gasteiger partial charge on any atom is -0.496 e. The van der Waals surface area contributed by atoms with Gasteiger partial charge in [0.05, 0.1) is 7.11 Å². The predicted octanol–water partition coefficient (Wildman–Crippen LogP) is 4.50. The lowest BCUT2D eigenvalue weighted by molar-refractivity contribution is 0.420. The van der Waals surface area contributed by atoms with Crippen molar-refractivity contribution in [1.82, 2.24) is 5.32 Å². The molecule has 1 N–H and O–H groups in total. The van der Waals surface area contributed by atoms with Gasteiger partial charge < -0.3 is 10.1 Å². The minimum atomic E-state index is 0.680. The lowest BCUT2D eigenvalue weighted by Crippen LogP contribution is -2.21. The highest BCUT2D eigenvalue weighted by Gasteiger charge is 2.04. The van der Waals surface area contributed by atoms with Gasteiger partial charge in [-0.2, -0.15) is 0 Å². The molecule has 0 saturated heterocycles. The summed E-state index contributed by atoms with van der Waals surface area (Å²) in [5.74, 6) is 1.61. The topological polar surface area (TPSA) is 21.3 Å². The molecule has 2 heteroatoms. The highest BCUT2D eigenvalue weighted by molar-refractivity contribution is 5.95. The van der Waals surface area contributed by atoms with Crippen LogP contribution in [0.1, 0.15) is 26.3 Å². The molecule has 112 valence electrons. The lowest BCUT2D eigenvalue weighted by Gasteiger charge is -2.10. The van der Waals surface area contributed by atoms with E-state index in [-0.39, 0.29) is 0 Å². The van der Waals surface area contributed by atoms with Gasteiger partial charge in [-0.25, -0.2) is 0 Å². The molecule has 0 spiro atoms. The number of hydrogen-bond donors (Lipinski definition) is 1. The average Bonchev–Trinajstić information content (AvgIpc) is 2.47. The summed E-state index contributed by atoms with van der Waals surface area (Å²) >= 11 is 0. The molecule has 0 bridgehead atoms. The first kappa shape index (κ1) is 15.6. The van der Waals surface area contributed by atoms with Crippen LogP contribution < -0.4 is 10.1 Å². The molecule has 0 atom stereocenters. The standard InChI is InChI=1S/C19H25NO/c1-14(2)12-20-13-15(3)11-16-9-10-19(21-4)18-8-6-5-7-17(16)18/h5-11,14,20H,12-13H2,1-4H3/b15-11-. The molecule has 2 nitrogen and oxygen atoms in total. The van der Waals surface area contributed by atoms with Gasteiger partial charge >= 0.3 is 0 Å². The molecule has 0 aliphatic carbocycles. The molecule has 0 aliphatic rings. The highest BCUT2D eigenvalue weighted by atomic mass is 16.5. The maximum atomic E-state index is 5.45. The van der Waals surface area contributed by atoms with E-state index < -0.39 is 0 Å². The molecule has 2 rings (SSSR count). The van der Waals surface area contributed by atoms with E-state index in [0.717, 1.165) is 24.2 Å². The third kappa shape index (κ3) is 4.08. The molecule has 0 radical (unpaired) electrons. The van der Waals surface area contributed by atoms with E-state index in [1.165, 1.54) is 16.5 Å². The van der Waals surface area contributed by atoms with Crippen molar-refractivity contribution < 1.29 is 4.74 Å². The van der Waals surface area contributed by atoms with E-state index in [4.69, 9.17) is 4.74 Å². The van der Waals surface area contributed by atoms with Crippen LogP contribution >= 0.6 is 0 Å². The van der Waals surface area contributed by atoms with E-state index in [1.807, 2.05) is 6.07 Å². The molecular weight excluding hydrogens is 258 g/mol. The van der Waals surface area contributed by atoms with Gasteiger partial charge in [-0.05, 0) is 36.4 Å². The highest BCUT2D eigenvalue weighted by Crippen LogP contribution is 2.29. The van der Waals surface area contributed by atoms with Gasteiger partial charge in [-0.15, -0.1) is 0 Å². The number of rotatable bonds is 6. The van der Waals surface area contributed by atoms with Crippen molar-refractivity contribution in [3.63, 3.8) is 0 Å². The largest absolute Gasteiger partial charge is 0.496 e. The maximum Gasteiger partial charge on any atom is 0.126 e. The zero-order valence-corrected chi connectivity index (χ0v) is 13.4. The van der Waals surface area contributed by atoms with E-state index in [1.54, 1.807) is 7.11 Å². The summed E-state index contributed by atoms with van der Waals surface area (Å²) in [6, 6.07) is 12.6. The zero-order chi connectivity index (χ0) is 15.2. The van der Waals surface area contributed by atoms with Crippen molar-refractivity contribution >= 4 is 16.8 Å². The SMILES string of the molecule is COc1ccc(/C=C(/C)CNCC(C)C)c2ccccc12. The smallest absolute Gasteiger partial charge is 0.126 e. The van der Waals surface area contributed by atoms with Gasteiger partial charge in [0.2, 0.25) is 0 Å². The number of methoxy groups -OCH3 is 1. The van der Waals surface area contributed by atoms with Crippen molar-refractivity contribution in [3.8, 4) is 5.75 Å². The molecule has 0 heterocycles. The normalized spacial score (nSPS) is 12.1. The number of nitrogens with one attached hydrogen (secondary N) is 1. The first-order valence-electron chi connectivity index (χ1n) is 7.55. The first-order chi connectivity index (χ1) is 10.1. The Balaban J connectivity index is 2.26. The zero-order valence-electron chi connectivity index (χ0n) is 13.4. The fourth-order valence-electron chi connectivity index (χ4n) is 2.47. The van der Waals surface area contributed by atoms with E-state index in [9.17, 15) is 0 Å². The molecule has 0 fully saturated rings. The fraction of sp³-hybridized carbons (Fsp3) is 0.368. The molecule has 0 aromatic heterocycles. The van der Waals surface area contributed by atoms with E-state index in [2.05, 4.69) is 62.5 Å². The molecule has 2 aromatic carbocycles. The summed E-state index contributed by atoms with van der Waals surface area (Å²) in [5.41, 5.74) is 2.58. The van der Waals surface area contributed by atoms with Gasteiger partial charge in [-0.3, -0.25) is 0 Å². The van der Waals surface area contributed by atoms with Gasteiger partial charge in [-0.1, -0.05) is 55.8 Å². The van der Waals surface area contributed by atoms with Gasteiger partial charge in [0, 0.05) is 11.9 Å². The summed E-state index contributed by atoms with van der Waals surface area (Å²) in [7, 11) is 1.72. The van der Waals surface area contributed by atoms with Crippen LogP contribution in [0.2, 0.25) is 0 Å². The van der Waals surface area contributed by atoms with E-state index >= 15 is 0 Å². The third-order valence-electron chi connectivity index (χ3n) is 3.50. The first-order valence-corrected chi connectivity index (χ1v) is 7.55. The Labute approximate surface area is 127 Å². The van der Waals surface area contributed by atoms with Crippen LogP contribution in [0.4, 0.5) is 0 Å². The Kier molecular flexibility index (Phi) is 5.40.